The Morgan fingerprint density at radius 2 is 2.09 bits per heavy atom. The van der Waals surface area contributed by atoms with Crippen LogP contribution in [-0.2, 0) is 0 Å². The second-order valence-electron chi connectivity index (χ2n) is 5.80. The molecule has 1 fully saturated rings. The first-order chi connectivity index (χ1) is 10.5. The number of hydrogen-bond donors (Lipinski definition) is 1. The average Bonchev–Trinajstić information content (AvgIpc) is 2.53. The summed E-state index contributed by atoms with van der Waals surface area (Å²) in [5.74, 6) is 0.512. The Kier molecular flexibility index (Phi) is 5.49. The molecule has 1 aromatic rings. The predicted octanol–water partition coefficient (Wildman–Crippen LogP) is 2.36. The quantitative estimate of drug-likeness (QED) is 0.669. The molecular weight excluding hydrogens is 282 g/mol. The van der Waals surface area contributed by atoms with Crippen molar-refractivity contribution in [1.82, 2.24) is 10.2 Å². The van der Waals surface area contributed by atoms with Crippen LogP contribution in [-0.4, -0.2) is 41.9 Å². The fourth-order valence-corrected chi connectivity index (χ4v) is 2.81. The van der Waals surface area contributed by atoms with Crippen LogP contribution >= 0.6 is 0 Å². The Balaban J connectivity index is 2.04. The molecule has 1 aromatic carbocycles. The van der Waals surface area contributed by atoms with Gasteiger partial charge in [-0.25, -0.2) is 0 Å². The van der Waals surface area contributed by atoms with Gasteiger partial charge in [-0.15, -0.1) is 0 Å². The number of amides is 1. The zero-order valence-corrected chi connectivity index (χ0v) is 13.2. The van der Waals surface area contributed by atoms with Crippen LogP contribution < -0.4 is 5.32 Å². The lowest BCUT2D eigenvalue weighted by molar-refractivity contribution is -0.384. The molecule has 0 unspecified atom stereocenters. The molecule has 1 aliphatic rings. The van der Waals surface area contributed by atoms with E-state index in [2.05, 4.69) is 12.2 Å². The molecule has 0 bridgehead atoms. The van der Waals surface area contributed by atoms with Crippen molar-refractivity contribution in [2.75, 3.05) is 26.2 Å². The SMILES string of the molecule is CCNCC1CCN(C(=O)c2cc([N+](=O)[O-])ccc2C)CC1. The summed E-state index contributed by atoms with van der Waals surface area (Å²) in [7, 11) is 0. The van der Waals surface area contributed by atoms with Crippen LogP contribution in [0.5, 0.6) is 0 Å². The van der Waals surface area contributed by atoms with E-state index in [1.807, 2.05) is 11.8 Å². The number of piperidine rings is 1. The minimum Gasteiger partial charge on any atom is -0.339 e. The smallest absolute Gasteiger partial charge is 0.270 e. The standard InChI is InChI=1S/C16H23N3O3/c1-3-17-11-13-6-8-18(9-7-13)16(20)15-10-14(19(21)22)5-4-12(15)2/h4-5,10,13,17H,3,6-9,11H2,1-2H3. The van der Waals surface area contributed by atoms with Crippen molar-refractivity contribution < 1.29 is 9.72 Å². The Bertz CT molecular complexity index is 552. The van der Waals surface area contributed by atoms with Crippen molar-refractivity contribution in [3.8, 4) is 0 Å². The molecular formula is C16H23N3O3. The lowest BCUT2D eigenvalue weighted by atomic mass is 9.95. The molecule has 1 aliphatic heterocycles. The molecule has 1 N–H and O–H groups in total. The number of benzene rings is 1. The topological polar surface area (TPSA) is 75.5 Å². The number of carbonyl (C=O) groups is 1. The fraction of sp³-hybridized carbons (Fsp3) is 0.562. The van der Waals surface area contributed by atoms with Gasteiger partial charge in [0, 0.05) is 30.8 Å². The molecule has 0 atom stereocenters. The number of likely N-dealkylation sites (tertiary alicyclic amines) is 1. The highest BCUT2D eigenvalue weighted by Gasteiger charge is 2.25. The van der Waals surface area contributed by atoms with Gasteiger partial charge >= 0.3 is 0 Å². The molecule has 1 amide bonds. The average molecular weight is 305 g/mol. The zero-order valence-electron chi connectivity index (χ0n) is 13.2. The summed E-state index contributed by atoms with van der Waals surface area (Å²) in [6.45, 7) is 7.30. The normalized spacial score (nSPS) is 15.8. The van der Waals surface area contributed by atoms with Crippen molar-refractivity contribution in [2.24, 2.45) is 5.92 Å². The third-order valence-electron chi connectivity index (χ3n) is 4.25. The van der Waals surface area contributed by atoms with Gasteiger partial charge in [-0.2, -0.15) is 0 Å². The van der Waals surface area contributed by atoms with Gasteiger partial charge in [-0.05, 0) is 44.3 Å². The minimum atomic E-state index is -0.459. The van der Waals surface area contributed by atoms with Crippen molar-refractivity contribution in [2.45, 2.75) is 26.7 Å². The molecule has 0 spiro atoms. The Morgan fingerprint density at radius 3 is 2.68 bits per heavy atom. The van der Waals surface area contributed by atoms with Gasteiger partial charge in [0.2, 0.25) is 0 Å². The number of aryl methyl sites for hydroxylation is 1. The van der Waals surface area contributed by atoms with Gasteiger partial charge in [0.15, 0.2) is 0 Å². The minimum absolute atomic E-state index is 0.0315. The van der Waals surface area contributed by atoms with E-state index >= 15 is 0 Å². The summed E-state index contributed by atoms with van der Waals surface area (Å²) in [6, 6.07) is 4.47. The summed E-state index contributed by atoms with van der Waals surface area (Å²) in [6.07, 6.45) is 1.96. The Hall–Kier alpha value is -1.95. The molecule has 0 aromatic heterocycles. The zero-order chi connectivity index (χ0) is 16.1. The molecule has 22 heavy (non-hydrogen) atoms. The summed E-state index contributed by atoms with van der Waals surface area (Å²) in [4.78, 5) is 24.8. The first-order valence-corrected chi connectivity index (χ1v) is 7.78. The van der Waals surface area contributed by atoms with Crippen LogP contribution in [0.4, 0.5) is 5.69 Å². The van der Waals surface area contributed by atoms with E-state index in [1.165, 1.54) is 12.1 Å². The first kappa shape index (κ1) is 16.4. The van der Waals surface area contributed by atoms with Gasteiger partial charge in [0.05, 0.1) is 4.92 Å². The summed E-state index contributed by atoms with van der Waals surface area (Å²) < 4.78 is 0. The highest BCUT2D eigenvalue weighted by Crippen LogP contribution is 2.22. The molecule has 0 saturated carbocycles. The number of non-ortho nitro benzene ring substituents is 1. The molecule has 1 saturated heterocycles. The van der Waals surface area contributed by atoms with E-state index < -0.39 is 4.92 Å². The van der Waals surface area contributed by atoms with E-state index in [9.17, 15) is 14.9 Å². The summed E-state index contributed by atoms with van der Waals surface area (Å²) in [5, 5.41) is 14.2. The largest absolute Gasteiger partial charge is 0.339 e. The Morgan fingerprint density at radius 1 is 1.41 bits per heavy atom. The van der Waals surface area contributed by atoms with E-state index in [1.54, 1.807) is 6.07 Å². The lowest BCUT2D eigenvalue weighted by Crippen LogP contribution is -2.41. The maximum atomic E-state index is 12.6. The number of nitrogens with zero attached hydrogens (tertiary/aromatic N) is 2. The van der Waals surface area contributed by atoms with Crippen molar-refractivity contribution in [1.29, 1.82) is 0 Å². The predicted molar refractivity (Wildman–Crippen MR) is 85.0 cm³/mol. The molecule has 120 valence electrons. The van der Waals surface area contributed by atoms with Crippen molar-refractivity contribution in [3.05, 3.63) is 39.4 Å². The number of carbonyl (C=O) groups excluding carboxylic acids is 1. The number of nitro benzene ring substituents is 1. The highest BCUT2D eigenvalue weighted by atomic mass is 16.6. The van der Waals surface area contributed by atoms with E-state index in [4.69, 9.17) is 0 Å². The Labute approximate surface area is 130 Å². The van der Waals surface area contributed by atoms with Gasteiger partial charge in [0.25, 0.3) is 11.6 Å². The van der Waals surface area contributed by atoms with Crippen molar-refractivity contribution >= 4 is 11.6 Å². The third-order valence-corrected chi connectivity index (χ3v) is 4.25. The van der Waals surface area contributed by atoms with Gasteiger partial charge in [-0.1, -0.05) is 13.0 Å². The monoisotopic (exact) mass is 305 g/mol. The van der Waals surface area contributed by atoms with Crippen molar-refractivity contribution in [3.63, 3.8) is 0 Å². The number of rotatable bonds is 5. The van der Waals surface area contributed by atoms with Crippen LogP contribution in [0, 0.1) is 23.0 Å². The second-order valence-corrected chi connectivity index (χ2v) is 5.80. The molecule has 0 aliphatic carbocycles. The van der Waals surface area contributed by atoms with Crippen LogP contribution in [0.2, 0.25) is 0 Å². The molecule has 6 heteroatoms. The van der Waals surface area contributed by atoms with Crippen LogP contribution in [0.1, 0.15) is 35.7 Å². The molecule has 2 rings (SSSR count). The number of nitro groups is 1. The highest BCUT2D eigenvalue weighted by molar-refractivity contribution is 5.96. The third kappa shape index (κ3) is 3.82. The van der Waals surface area contributed by atoms with Gasteiger partial charge in [0.1, 0.15) is 0 Å². The molecule has 6 nitrogen and oxygen atoms in total. The van der Waals surface area contributed by atoms with Crippen LogP contribution in [0.25, 0.3) is 0 Å². The van der Waals surface area contributed by atoms with Crippen LogP contribution in [0.15, 0.2) is 18.2 Å². The van der Waals surface area contributed by atoms with E-state index in [0.29, 0.717) is 11.5 Å². The van der Waals surface area contributed by atoms with E-state index in [-0.39, 0.29) is 11.6 Å². The first-order valence-electron chi connectivity index (χ1n) is 7.78. The van der Waals surface area contributed by atoms with Gasteiger partial charge < -0.3 is 10.2 Å². The van der Waals surface area contributed by atoms with Gasteiger partial charge in [-0.3, -0.25) is 14.9 Å². The maximum Gasteiger partial charge on any atom is 0.270 e. The lowest BCUT2D eigenvalue weighted by Gasteiger charge is -2.32. The van der Waals surface area contributed by atoms with E-state index in [0.717, 1.165) is 44.6 Å². The number of hydrogen-bond acceptors (Lipinski definition) is 4. The molecule has 1 heterocycles. The summed E-state index contributed by atoms with van der Waals surface area (Å²) in [5.41, 5.74) is 1.20. The number of nitrogens with one attached hydrogen (secondary N) is 1. The fourth-order valence-electron chi connectivity index (χ4n) is 2.81. The second kappa shape index (κ2) is 7.35. The van der Waals surface area contributed by atoms with Crippen LogP contribution in [0.3, 0.4) is 0 Å². The maximum absolute atomic E-state index is 12.6. The molecule has 0 radical (unpaired) electrons. The summed E-state index contributed by atoms with van der Waals surface area (Å²) >= 11 is 0.